The number of carbonyl (C=O) groups excluding carboxylic acids is 1. The number of amides is 1. The summed E-state index contributed by atoms with van der Waals surface area (Å²) in [6.07, 6.45) is 3.76. The smallest absolute Gasteiger partial charge is 0.256 e. The summed E-state index contributed by atoms with van der Waals surface area (Å²) in [5.74, 6) is 1.26. The van der Waals surface area contributed by atoms with Crippen LogP contribution in [-0.2, 0) is 9.53 Å². The predicted molar refractivity (Wildman–Crippen MR) is 91.7 cm³/mol. The molecule has 0 unspecified atom stereocenters. The van der Waals surface area contributed by atoms with Gasteiger partial charge in [0.15, 0.2) is 0 Å². The van der Waals surface area contributed by atoms with Crippen molar-refractivity contribution in [3.05, 3.63) is 24.3 Å². The Bertz CT molecular complexity index is 491. The number of hydrogen-bond donors (Lipinski definition) is 1. The lowest BCUT2D eigenvalue weighted by Crippen LogP contribution is -2.47. The van der Waals surface area contributed by atoms with Gasteiger partial charge < -0.3 is 14.8 Å². The number of hydrogen-bond acceptors (Lipinski definition) is 3. The van der Waals surface area contributed by atoms with Gasteiger partial charge in [-0.1, -0.05) is 29.3 Å². The van der Waals surface area contributed by atoms with Gasteiger partial charge in [0, 0.05) is 18.1 Å². The highest BCUT2D eigenvalue weighted by atomic mass is 79.9. The van der Waals surface area contributed by atoms with Gasteiger partial charge in [-0.25, -0.2) is 0 Å². The van der Waals surface area contributed by atoms with Crippen molar-refractivity contribution < 1.29 is 14.3 Å². The van der Waals surface area contributed by atoms with Crippen LogP contribution in [-0.4, -0.2) is 30.6 Å². The van der Waals surface area contributed by atoms with E-state index in [1.807, 2.05) is 24.3 Å². The molecule has 1 aliphatic rings. The van der Waals surface area contributed by atoms with Crippen molar-refractivity contribution in [3.8, 4) is 5.75 Å². The first-order valence-corrected chi connectivity index (χ1v) is 8.87. The van der Waals surface area contributed by atoms with Crippen LogP contribution in [0.3, 0.4) is 0 Å². The minimum atomic E-state index is -0.692. The average Bonchev–Trinajstić information content (AvgIpc) is 2.54. The van der Waals surface area contributed by atoms with Crippen LogP contribution in [0, 0.1) is 5.92 Å². The van der Waals surface area contributed by atoms with E-state index in [4.69, 9.17) is 9.47 Å². The zero-order chi connectivity index (χ0) is 16.0. The summed E-state index contributed by atoms with van der Waals surface area (Å²) in [6, 6.07) is 7.44. The Kier molecular flexibility index (Phi) is 6.26. The van der Waals surface area contributed by atoms with E-state index in [1.165, 1.54) is 0 Å². The van der Waals surface area contributed by atoms with Gasteiger partial charge in [-0.15, -0.1) is 0 Å². The van der Waals surface area contributed by atoms with Crippen molar-refractivity contribution in [1.29, 1.82) is 0 Å². The molecule has 1 aromatic carbocycles. The lowest BCUT2D eigenvalue weighted by molar-refractivity contribution is -0.143. The summed E-state index contributed by atoms with van der Waals surface area (Å²) in [4.78, 5) is 12.6. The summed E-state index contributed by atoms with van der Waals surface area (Å²) in [6.45, 7) is 2.80. The molecule has 0 heterocycles. The van der Waals surface area contributed by atoms with Crippen molar-refractivity contribution in [1.82, 2.24) is 0 Å². The summed E-state index contributed by atoms with van der Waals surface area (Å²) < 4.78 is 11.1. The largest absolute Gasteiger partial charge is 0.493 e. The molecule has 2 atom stereocenters. The molecule has 0 aromatic heterocycles. The van der Waals surface area contributed by atoms with Gasteiger partial charge in [0.1, 0.15) is 11.4 Å². The second kappa shape index (κ2) is 7.97. The maximum atomic E-state index is 12.6. The number of anilines is 1. The average molecular weight is 370 g/mol. The first-order chi connectivity index (χ1) is 10.6. The summed E-state index contributed by atoms with van der Waals surface area (Å²) in [5.41, 5.74) is 0.0776. The number of alkyl halides is 1. The molecule has 1 fully saturated rings. The molecule has 5 heteroatoms. The second-order valence-electron chi connectivity index (χ2n) is 5.92. The molecule has 1 aliphatic carbocycles. The number of halogens is 1. The molecular weight excluding hydrogens is 346 g/mol. The Balaban J connectivity index is 2.00. The van der Waals surface area contributed by atoms with E-state index < -0.39 is 5.60 Å². The van der Waals surface area contributed by atoms with E-state index in [0.29, 0.717) is 12.5 Å². The summed E-state index contributed by atoms with van der Waals surface area (Å²) in [5, 5.41) is 3.77. The fraction of sp³-hybridized carbons (Fsp3) is 0.588. The number of benzene rings is 1. The van der Waals surface area contributed by atoms with E-state index in [0.717, 1.165) is 42.5 Å². The van der Waals surface area contributed by atoms with E-state index >= 15 is 0 Å². The number of methoxy groups -OCH3 is 1. The Morgan fingerprint density at radius 2 is 2.14 bits per heavy atom. The topological polar surface area (TPSA) is 47.6 Å². The number of nitrogens with one attached hydrogen (secondary N) is 1. The highest BCUT2D eigenvalue weighted by Gasteiger charge is 2.41. The molecule has 1 N–H and O–H groups in total. The minimum absolute atomic E-state index is 0.0457. The fourth-order valence-electron chi connectivity index (χ4n) is 3.02. The minimum Gasteiger partial charge on any atom is -0.493 e. The maximum absolute atomic E-state index is 12.6. The van der Waals surface area contributed by atoms with E-state index in [1.54, 1.807) is 7.11 Å². The van der Waals surface area contributed by atoms with E-state index in [-0.39, 0.29) is 5.91 Å². The third kappa shape index (κ3) is 4.23. The van der Waals surface area contributed by atoms with Crippen molar-refractivity contribution in [2.45, 2.75) is 38.2 Å². The van der Waals surface area contributed by atoms with Crippen LogP contribution < -0.4 is 10.1 Å². The predicted octanol–water partition coefficient (Wildman–Crippen LogP) is 3.99. The molecule has 122 valence electrons. The van der Waals surface area contributed by atoms with Crippen molar-refractivity contribution >= 4 is 27.5 Å². The molecular formula is C17H24BrNO3. The van der Waals surface area contributed by atoms with E-state index in [2.05, 4.69) is 28.2 Å². The van der Waals surface area contributed by atoms with Gasteiger partial charge in [0.25, 0.3) is 5.91 Å². The molecule has 1 saturated carbocycles. The molecule has 1 amide bonds. The molecule has 2 rings (SSSR count). The lowest BCUT2D eigenvalue weighted by atomic mass is 9.78. The van der Waals surface area contributed by atoms with Gasteiger partial charge in [-0.3, -0.25) is 4.79 Å². The molecule has 22 heavy (non-hydrogen) atoms. The quantitative estimate of drug-likeness (QED) is 0.771. The SMILES string of the molecule is CO[C@]1(C(=O)Nc2ccc(OCCBr)cc2)CCC[C@H](C)C1. The Labute approximate surface area is 140 Å². The Hall–Kier alpha value is -1.07. The Morgan fingerprint density at radius 1 is 1.41 bits per heavy atom. The van der Waals surface area contributed by atoms with Crippen LogP contribution in [0.1, 0.15) is 32.6 Å². The first kappa shape index (κ1) is 17.3. The van der Waals surface area contributed by atoms with Gasteiger partial charge in [-0.2, -0.15) is 0 Å². The zero-order valence-electron chi connectivity index (χ0n) is 13.2. The number of carbonyl (C=O) groups is 1. The van der Waals surface area contributed by atoms with Crippen LogP contribution in [0.5, 0.6) is 5.75 Å². The third-order valence-electron chi connectivity index (χ3n) is 4.22. The van der Waals surface area contributed by atoms with Gasteiger partial charge in [0.2, 0.25) is 0 Å². The molecule has 4 nitrogen and oxygen atoms in total. The highest BCUT2D eigenvalue weighted by Crippen LogP contribution is 2.35. The zero-order valence-corrected chi connectivity index (χ0v) is 14.8. The second-order valence-corrected chi connectivity index (χ2v) is 6.71. The third-order valence-corrected chi connectivity index (χ3v) is 4.54. The van der Waals surface area contributed by atoms with Crippen LogP contribution in [0.2, 0.25) is 0 Å². The molecule has 1 aromatic rings. The maximum Gasteiger partial charge on any atom is 0.256 e. The van der Waals surface area contributed by atoms with Crippen LogP contribution in [0.25, 0.3) is 0 Å². The summed E-state index contributed by atoms with van der Waals surface area (Å²) >= 11 is 3.32. The number of rotatable bonds is 6. The highest BCUT2D eigenvalue weighted by molar-refractivity contribution is 9.09. The van der Waals surface area contributed by atoms with Gasteiger partial charge in [-0.05, 0) is 49.4 Å². The monoisotopic (exact) mass is 369 g/mol. The normalized spacial score (nSPS) is 24.8. The fourth-order valence-corrected chi connectivity index (χ4v) is 3.19. The van der Waals surface area contributed by atoms with Crippen LogP contribution >= 0.6 is 15.9 Å². The van der Waals surface area contributed by atoms with Crippen molar-refractivity contribution in [2.24, 2.45) is 5.92 Å². The standard InChI is InChI=1S/C17H24BrNO3/c1-13-4-3-9-17(12-13,21-2)16(20)19-14-5-7-15(8-6-14)22-11-10-18/h5-8,13H,3-4,9-12H2,1-2H3,(H,19,20)/t13-,17+/m0/s1. The molecule has 0 bridgehead atoms. The molecule has 0 aliphatic heterocycles. The van der Waals surface area contributed by atoms with Crippen molar-refractivity contribution in [3.63, 3.8) is 0 Å². The van der Waals surface area contributed by atoms with E-state index in [9.17, 15) is 4.79 Å². The molecule has 0 saturated heterocycles. The van der Waals surface area contributed by atoms with Crippen LogP contribution in [0.4, 0.5) is 5.69 Å². The van der Waals surface area contributed by atoms with Gasteiger partial charge in [0.05, 0.1) is 6.61 Å². The van der Waals surface area contributed by atoms with Crippen LogP contribution in [0.15, 0.2) is 24.3 Å². The molecule has 0 radical (unpaired) electrons. The Morgan fingerprint density at radius 3 is 2.73 bits per heavy atom. The first-order valence-electron chi connectivity index (χ1n) is 7.75. The van der Waals surface area contributed by atoms with Gasteiger partial charge >= 0.3 is 0 Å². The number of ether oxygens (including phenoxy) is 2. The lowest BCUT2D eigenvalue weighted by Gasteiger charge is -2.37. The molecule has 0 spiro atoms. The van der Waals surface area contributed by atoms with Crippen molar-refractivity contribution in [2.75, 3.05) is 24.4 Å². The summed E-state index contributed by atoms with van der Waals surface area (Å²) in [7, 11) is 1.63.